The molecule has 0 atom stereocenters. The minimum Gasteiger partial charge on any atom is -0.493 e. The van der Waals surface area contributed by atoms with Gasteiger partial charge in [0.1, 0.15) is 5.58 Å². The number of rotatable bonds is 6. The molecule has 0 radical (unpaired) electrons. The molecule has 0 saturated carbocycles. The third-order valence-corrected chi connectivity index (χ3v) is 2.70. The Morgan fingerprint density at radius 3 is 2.80 bits per heavy atom. The fourth-order valence-corrected chi connectivity index (χ4v) is 1.75. The molecule has 106 valence electrons. The lowest BCUT2D eigenvalue weighted by atomic mass is 10.2. The van der Waals surface area contributed by atoms with Crippen LogP contribution in [0.25, 0.3) is 11.0 Å². The monoisotopic (exact) mass is 278 g/mol. The van der Waals surface area contributed by atoms with Gasteiger partial charge >= 0.3 is 11.6 Å². The SMILES string of the molecule is COc1cc2oc(=O)ccc2cc1OCCCC(=O)O. The molecule has 6 heteroatoms. The minimum atomic E-state index is -0.860. The van der Waals surface area contributed by atoms with Gasteiger partial charge in [0, 0.05) is 23.9 Å². The number of ether oxygens (including phenoxy) is 2. The van der Waals surface area contributed by atoms with E-state index in [4.69, 9.17) is 19.0 Å². The zero-order valence-corrected chi connectivity index (χ0v) is 10.9. The summed E-state index contributed by atoms with van der Waals surface area (Å²) >= 11 is 0. The fourth-order valence-electron chi connectivity index (χ4n) is 1.75. The molecular formula is C14H14O6. The molecular weight excluding hydrogens is 264 g/mol. The normalized spacial score (nSPS) is 10.4. The van der Waals surface area contributed by atoms with E-state index in [1.807, 2.05) is 0 Å². The van der Waals surface area contributed by atoms with Crippen molar-refractivity contribution in [2.45, 2.75) is 12.8 Å². The molecule has 0 aliphatic carbocycles. The Balaban J connectivity index is 2.21. The van der Waals surface area contributed by atoms with Gasteiger partial charge in [-0.2, -0.15) is 0 Å². The van der Waals surface area contributed by atoms with Crippen molar-refractivity contribution in [3.63, 3.8) is 0 Å². The van der Waals surface area contributed by atoms with E-state index in [9.17, 15) is 9.59 Å². The third kappa shape index (κ3) is 3.28. The maximum absolute atomic E-state index is 11.1. The number of methoxy groups -OCH3 is 1. The molecule has 2 aromatic rings. The molecule has 1 aromatic carbocycles. The molecule has 0 fully saturated rings. The molecule has 0 amide bonds. The molecule has 0 spiro atoms. The zero-order chi connectivity index (χ0) is 14.5. The molecule has 0 saturated heterocycles. The van der Waals surface area contributed by atoms with Gasteiger partial charge in [0.25, 0.3) is 0 Å². The van der Waals surface area contributed by atoms with Crippen LogP contribution in [0, 0.1) is 0 Å². The largest absolute Gasteiger partial charge is 0.493 e. The van der Waals surface area contributed by atoms with E-state index < -0.39 is 11.6 Å². The van der Waals surface area contributed by atoms with Crippen molar-refractivity contribution in [3.8, 4) is 11.5 Å². The summed E-state index contributed by atoms with van der Waals surface area (Å²) < 4.78 is 15.7. The molecule has 0 aliphatic rings. The highest BCUT2D eigenvalue weighted by Gasteiger charge is 2.09. The summed E-state index contributed by atoms with van der Waals surface area (Å²) in [7, 11) is 1.48. The van der Waals surface area contributed by atoms with Crippen molar-refractivity contribution in [1.29, 1.82) is 0 Å². The van der Waals surface area contributed by atoms with E-state index in [1.54, 1.807) is 18.2 Å². The number of aliphatic carboxylic acids is 1. The average Bonchev–Trinajstić information content (AvgIpc) is 2.42. The standard InChI is InChI=1S/C14H14O6/c1-18-11-8-10-9(4-5-14(17)20-10)7-12(11)19-6-2-3-13(15)16/h4-5,7-8H,2-3,6H2,1H3,(H,15,16). The van der Waals surface area contributed by atoms with Gasteiger partial charge in [0.2, 0.25) is 0 Å². The maximum Gasteiger partial charge on any atom is 0.336 e. The summed E-state index contributed by atoms with van der Waals surface area (Å²) in [5.74, 6) is 0.0577. The van der Waals surface area contributed by atoms with Crippen molar-refractivity contribution in [1.82, 2.24) is 0 Å². The van der Waals surface area contributed by atoms with Crippen LogP contribution in [0.1, 0.15) is 12.8 Å². The predicted molar refractivity (Wildman–Crippen MR) is 71.4 cm³/mol. The van der Waals surface area contributed by atoms with E-state index in [-0.39, 0.29) is 13.0 Å². The summed E-state index contributed by atoms with van der Waals surface area (Å²) in [5.41, 5.74) is -0.0260. The lowest BCUT2D eigenvalue weighted by Gasteiger charge is -2.11. The van der Waals surface area contributed by atoms with Crippen LogP contribution in [0.5, 0.6) is 11.5 Å². The maximum atomic E-state index is 11.1. The van der Waals surface area contributed by atoms with Gasteiger partial charge in [-0.05, 0) is 18.6 Å². The number of carboxylic acid groups (broad SMARTS) is 1. The van der Waals surface area contributed by atoms with Crippen molar-refractivity contribution < 1.29 is 23.8 Å². The quantitative estimate of drug-likeness (QED) is 0.643. The highest BCUT2D eigenvalue weighted by Crippen LogP contribution is 2.31. The van der Waals surface area contributed by atoms with E-state index in [1.165, 1.54) is 13.2 Å². The first-order valence-electron chi connectivity index (χ1n) is 6.06. The topological polar surface area (TPSA) is 86.0 Å². The van der Waals surface area contributed by atoms with E-state index >= 15 is 0 Å². The van der Waals surface area contributed by atoms with Crippen LogP contribution >= 0.6 is 0 Å². The number of hydrogen-bond acceptors (Lipinski definition) is 5. The second kappa shape index (κ2) is 6.10. The molecule has 0 aliphatic heterocycles. The Hall–Kier alpha value is -2.50. The van der Waals surface area contributed by atoms with Gasteiger partial charge in [0.05, 0.1) is 13.7 Å². The Morgan fingerprint density at radius 1 is 1.30 bits per heavy atom. The summed E-state index contributed by atoms with van der Waals surface area (Å²) in [6.07, 6.45) is 0.450. The Kier molecular flexibility index (Phi) is 4.24. The summed E-state index contributed by atoms with van der Waals surface area (Å²) in [5, 5.41) is 9.26. The number of fused-ring (bicyclic) bond motifs is 1. The molecule has 20 heavy (non-hydrogen) atoms. The van der Waals surface area contributed by atoms with Crippen molar-refractivity contribution in [2.24, 2.45) is 0 Å². The number of hydrogen-bond donors (Lipinski definition) is 1. The average molecular weight is 278 g/mol. The van der Waals surface area contributed by atoms with Gasteiger partial charge < -0.3 is 19.0 Å². The van der Waals surface area contributed by atoms with Gasteiger partial charge in [0.15, 0.2) is 11.5 Å². The number of benzene rings is 1. The third-order valence-electron chi connectivity index (χ3n) is 2.70. The summed E-state index contributed by atoms with van der Waals surface area (Å²) in [6, 6.07) is 6.22. The van der Waals surface area contributed by atoms with Crippen LogP contribution in [0.15, 0.2) is 33.5 Å². The lowest BCUT2D eigenvalue weighted by Crippen LogP contribution is -2.03. The lowest BCUT2D eigenvalue weighted by molar-refractivity contribution is -0.137. The van der Waals surface area contributed by atoms with Crippen molar-refractivity contribution in [3.05, 3.63) is 34.7 Å². The molecule has 1 heterocycles. The molecule has 0 unspecified atom stereocenters. The summed E-state index contributed by atoms with van der Waals surface area (Å²) in [4.78, 5) is 21.6. The molecule has 2 rings (SSSR count). The van der Waals surface area contributed by atoms with E-state index in [0.717, 1.165) is 0 Å². The Morgan fingerprint density at radius 2 is 2.10 bits per heavy atom. The van der Waals surface area contributed by atoms with Crippen LogP contribution in [-0.4, -0.2) is 24.8 Å². The first-order valence-corrected chi connectivity index (χ1v) is 6.06. The highest BCUT2D eigenvalue weighted by molar-refractivity contribution is 5.80. The molecule has 6 nitrogen and oxygen atoms in total. The highest BCUT2D eigenvalue weighted by atomic mass is 16.5. The fraction of sp³-hybridized carbons (Fsp3) is 0.286. The van der Waals surface area contributed by atoms with Crippen LogP contribution in [0.3, 0.4) is 0 Å². The van der Waals surface area contributed by atoms with Crippen LogP contribution < -0.4 is 15.1 Å². The second-order valence-electron chi connectivity index (χ2n) is 4.14. The van der Waals surface area contributed by atoms with Gasteiger partial charge in [-0.25, -0.2) is 4.79 Å². The summed E-state index contributed by atoms with van der Waals surface area (Å²) in [6.45, 7) is 0.269. The Bertz CT molecular complexity index is 673. The van der Waals surface area contributed by atoms with Crippen molar-refractivity contribution in [2.75, 3.05) is 13.7 Å². The first kappa shape index (κ1) is 13.9. The molecule has 1 aromatic heterocycles. The first-order chi connectivity index (χ1) is 9.60. The predicted octanol–water partition coefficient (Wildman–Crippen LogP) is 2.05. The van der Waals surface area contributed by atoms with Gasteiger partial charge in [-0.1, -0.05) is 0 Å². The molecule has 0 bridgehead atoms. The van der Waals surface area contributed by atoms with E-state index in [2.05, 4.69) is 0 Å². The smallest absolute Gasteiger partial charge is 0.336 e. The Labute approximate surface area is 114 Å². The minimum absolute atomic E-state index is 0.0464. The molecule has 1 N–H and O–H groups in total. The van der Waals surface area contributed by atoms with Crippen molar-refractivity contribution >= 4 is 16.9 Å². The van der Waals surface area contributed by atoms with E-state index in [0.29, 0.717) is 28.9 Å². The van der Waals surface area contributed by atoms with Gasteiger partial charge in [-0.15, -0.1) is 0 Å². The van der Waals surface area contributed by atoms with Crippen LogP contribution in [0.2, 0.25) is 0 Å². The number of carbonyl (C=O) groups is 1. The second-order valence-corrected chi connectivity index (χ2v) is 4.14. The van der Waals surface area contributed by atoms with Crippen LogP contribution in [0.4, 0.5) is 0 Å². The zero-order valence-electron chi connectivity index (χ0n) is 10.9. The number of carboxylic acids is 1. The van der Waals surface area contributed by atoms with Crippen LogP contribution in [-0.2, 0) is 4.79 Å². The van der Waals surface area contributed by atoms with Gasteiger partial charge in [-0.3, -0.25) is 4.79 Å².